The number of aryl methyl sites for hydroxylation is 1. The maximum atomic E-state index is 13.3. The fraction of sp³-hybridized carbons (Fsp3) is 0.258. The summed E-state index contributed by atoms with van der Waals surface area (Å²) in [6, 6.07) is 19.1. The van der Waals surface area contributed by atoms with Crippen molar-refractivity contribution in [1.29, 1.82) is 0 Å². The fourth-order valence-electron chi connectivity index (χ4n) is 5.30. The van der Waals surface area contributed by atoms with E-state index >= 15 is 0 Å². The Kier molecular flexibility index (Phi) is 7.06. The second kappa shape index (κ2) is 10.7. The van der Waals surface area contributed by atoms with E-state index in [0.717, 1.165) is 39.2 Å². The maximum Gasteiger partial charge on any atom is 0.340 e. The fourth-order valence-corrected chi connectivity index (χ4v) is 6.19. The van der Waals surface area contributed by atoms with Crippen molar-refractivity contribution in [3.63, 3.8) is 0 Å². The molecular formula is C31H30N4O5S. The van der Waals surface area contributed by atoms with Gasteiger partial charge < -0.3 is 29.2 Å². The number of thioether (sulfide) groups is 1. The second-order valence-electron chi connectivity index (χ2n) is 10.0. The molecule has 0 saturated carbocycles. The minimum atomic E-state index is -1.97. The summed E-state index contributed by atoms with van der Waals surface area (Å²) < 4.78 is 12.6. The van der Waals surface area contributed by atoms with Crippen molar-refractivity contribution >= 4 is 45.4 Å². The molecule has 1 saturated heterocycles. The first-order valence-corrected chi connectivity index (χ1v) is 14.4. The number of fused-ring (bicyclic) bond motifs is 3. The Morgan fingerprint density at radius 1 is 1.07 bits per heavy atom. The number of aromatic nitrogens is 3. The van der Waals surface area contributed by atoms with E-state index in [1.165, 1.54) is 18.9 Å². The summed E-state index contributed by atoms with van der Waals surface area (Å²) in [4.78, 5) is 24.3. The molecule has 10 heteroatoms. The monoisotopic (exact) mass is 570 g/mol. The topological polar surface area (TPSA) is 110 Å². The van der Waals surface area contributed by atoms with Crippen LogP contribution in [0, 0.1) is 6.92 Å². The number of ether oxygens (including phenoxy) is 2. The van der Waals surface area contributed by atoms with Gasteiger partial charge >= 0.3 is 5.97 Å². The first-order chi connectivity index (χ1) is 19.8. The molecule has 1 aliphatic heterocycles. The van der Waals surface area contributed by atoms with Gasteiger partial charge in [0.1, 0.15) is 5.75 Å². The van der Waals surface area contributed by atoms with E-state index in [-0.39, 0.29) is 5.75 Å². The molecule has 6 rings (SSSR count). The molecule has 0 atom stereocenters. The number of carbonyl (C=O) groups is 1. The Morgan fingerprint density at radius 3 is 2.56 bits per heavy atom. The summed E-state index contributed by atoms with van der Waals surface area (Å²) in [6.07, 6.45) is 1.75. The Balaban J connectivity index is 1.62. The van der Waals surface area contributed by atoms with E-state index in [1.54, 1.807) is 24.3 Å². The summed E-state index contributed by atoms with van der Waals surface area (Å²) in [6.45, 7) is 2.83. The molecule has 210 valence electrons. The van der Waals surface area contributed by atoms with Gasteiger partial charge in [-0.25, -0.2) is 9.78 Å². The molecule has 0 aliphatic carbocycles. The third-order valence-electron chi connectivity index (χ3n) is 7.40. The van der Waals surface area contributed by atoms with E-state index in [9.17, 15) is 15.0 Å². The first kappa shape index (κ1) is 27.1. The van der Waals surface area contributed by atoms with Gasteiger partial charge in [0.05, 0.1) is 47.8 Å². The highest BCUT2D eigenvalue weighted by atomic mass is 32.2. The number of anilines is 1. The molecule has 0 unspecified atom stereocenters. The van der Waals surface area contributed by atoms with Crippen LogP contribution in [0.25, 0.3) is 33.2 Å². The van der Waals surface area contributed by atoms with Crippen LogP contribution in [0.1, 0.15) is 21.6 Å². The molecule has 3 aromatic heterocycles. The Morgan fingerprint density at radius 2 is 1.88 bits per heavy atom. The van der Waals surface area contributed by atoms with E-state index in [2.05, 4.69) is 4.98 Å². The summed E-state index contributed by atoms with van der Waals surface area (Å²) in [7, 11) is 2.99. The lowest BCUT2D eigenvalue weighted by atomic mass is 10.1. The molecule has 2 aromatic carbocycles. The molecule has 0 bridgehead atoms. The number of hydrogen-bond donors (Lipinski definition) is 2. The van der Waals surface area contributed by atoms with Gasteiger partial charge in [-0.15, -0.1) is 0 Å². The lowest BCUT2D eigenvalue weighted by Crippen LogP contribution is -2.54. The number of esters is 1. The molecule has 4 heterocycles. The first-order valence-electron chi connectivity index (χ1n) is 13.2. The standard InChI is InChI=1S/C31H30N4O5S/c1-19-4-7-21(16-32-19)26-15-25(30(36)40-3)29-28(33-26)24-11-8-22(35-12-13-41-18-31(35,37)38)14-27(24)34(29)17-20-5-9-23(39-2)10-6-20/h4-11,14-16,37-38H,12-13,17-18H2,1-3H3. The quantitative estimate of drug-likeness (QED) is 0.224. The molecule has 1 fully saturated rings. The van der Waals surface area contributed by atoms with Crippen LogP contribution < -0.4 is 9.64 Å². The zero-order valence-electron chi connectivity index (χ0n) is 23.0. The van der Waals surface area contributed by atoms with Crippen molar-refractivity contribution in [3.8, 4) is 17.0 Å². The van der Waals surface area contributed by atoms with Crippen LogP contribution in [0.15, 0.2) is 66.9 Å². The second-order valence-corrected chi connectivity index (χ2v) is 11.2. The van der Waals surface area contributed by atoms with Gasteiger partial charge in [0.15, 0.2) is 0 Å². The predicted octanol–water partition coefficient (Wildman–Crippen LogP) is 4.60. The normalized spacial score (nSPS) is 14.9. The number of benzene rings is 2. The molecule has 9 nitrogen and oxygen atoms in total. The Hall–Kier alpha value is -4.12. The van der Waals surface area contributed by atoms with Gasteiger partial charge in [-0.05, 0) is 61.0 Å². The minimum absolute atomic E-state index is 0.182. The lowest BCUT2D eigenvalue weighted by molar-refractivity contribution is -0.141. The predicted molar refractivity (Wildman–Crippen MR) is 160 cm³/mol. The minimum Gasteiger partial charge on any atom is -0.497 e. The molecule has 1 aliphatic rings. The highest BCUT2D eigenvalue weighted by molar-refractivity contribution is 7.99. The Labute approximate surface area is 241 Å². The largest absolute Gasteiger partial charge is 0.497 e. The average molecular weight is 571 g/mol. The van der Waals surface area contributed by atoms with Gasteiger partial charge in [-0.2, -0.15) is 11.8 Å². The van der Waals surface area contributed by atoms with Crippen molar-refractivity contribution in [2.75, 3.05) is 37.2 Å². The molecule has 5 aromatic rings. The Bertz CT molecular complexity index is 1750. The number of pyridine rings is 2. The number of hydrogen-bond acceptors (Lipinski definition) is 9. The SMILES string of the molecule is COC(=O)c1cc(-c2ccc(C)nc2)nc2c3ccc(N4CCSCC4(O)O)cc3n(Cc3ccc(OC)cc3)c12. The highest BCUT2D eigenvalue weighted by Gasteiger charge is 2.35. The van der Waals surface area contributed by atoms with Gasteiger partial charge in [0, 0.05) is 47.4 Å². The van der Waals surface area contributed by atoms with Crippen molar-refractivity contribution in [1.82, 2.24) is 14.5 Å². The summed E-state index contributed by atoms with van der Waals surface area (Å²) >= 11 is 1.50. The third-order valence-corrected chi connectivity index (χ3v) is 8.46. The van der Waals surface area contributed by atoms with Crippen LogP contribution in [0.4, 0.5) is 5.69 Å². The zero-order valence-corrected chi connectivity index (χ0v) is 23.8. The molecule has 41 heavy (non-hydrogen) atoms. The third kappa shape index (κ3) is 4.99. The van der Waals surface area contributed by atoms with E-state index < -0.39 is 11.9 Å². The summed E-state index contributed by atoms with van der Waals surface area (Å²) in [5.74, 6) is -0.739. The van der Waals surface area contributed by atoms with Gasteiger partial charge in [-0.3, -0.25) is 4.98 Å². The van der Waals surface area contributed by atoms with Crippen molar-refractivity contribution in [2.45, 2.75) is 19.4 Å². The summed E-state index contributed by atoms with van der Waals surface area (Å²) in [5, 5.41) is 22.3. The lowest BCUT2D eigenvalue weighted by Gasteiger charge is -2.40. The van der Waals surface area contributed by atoms with E-state index in [1.807, 2.05) is 66.1 Å². The molecule has 0 radical (unpaired) electrons. The number of aliphatic hydroxyl groups is 2. The molecular weight excluding hydrogens is 540 g/mol. The molecule has 0 amide bonds. The van der Waals surface area contributed by atoms with Crippen molar-refractivity contribution in [2.24, 2.45) is 0 Å². The van der Waals surface area contributed by atoms with Crippen LogP contribution in [0.2, 0.25) is 0 Å². The van der Waals surface area contributed by atoms with E-state index in [4.69, 9.17) is 14.5 Å². The smallest absolute Gasteiger partial charge is 0.340 e. The van der Waals surface area contributed by atoms with Crippen molar-refractivity contribution < 1.29 is 24.5 Å². The molecule has 0 spiro atoms. The number of rotatable bonds is 6. The number of nitrogens with zero attached hydrogens (tertiary/aromatic N) is 4. The van der Waals surface area contributed by atoms with E-state index in [0.29, 0.717) is 41.1 Å². The summed E-state index contributed by atoms with van der Waals surface area (Å²) in [5.41, 5.74) is 6.40. The van der Waals surface area contributed by atoms with Gasteiger partial charge in [0.2, 0.25) is 0 Å². The van der Waals surface area contributed by atoms with Crippen LogP contribution >= 0.6 is 11.8 Å². The zero-order chi connectivity index (χ0) is 28.7. The van der Waals surface area contributed by atoms with Gasteiger partial charge in [-0.1, -0.05) is 12.1 Å². The number of methoxy groups -OCH3 is 2. The molecule has 2 N–H and O–H groups in total. The average Bonchev–Trinajstić information content (AvgIpc) is 3.29. The van der Waals surface area contributed by atoms with Crippen LogP contribution in [0.3, 0.4) is 0 Å². The highest BCUT2D eigenvalue weighted by Crippen LogP contribution is 2.37. The van der Waals surface area contributed by atoms with Gasteiger partial charge in [0.25, 0.3) is 5.91 Å². The van der Waals surface area contributed by atoms with Crippen LogP contribution in [-0.2, 0) is 11.3 Å². The maximum absolute atomic E-state index is 13.3. The van der Waals surface area contributed by atoms with Crippen LogP contribution in [0.5, 0.6) is 5.75 Å². The number of carbonyl (C=O) groups excluding carboxylic acids is 1. The van der Waals surface area contributed by atoms with Crippen molar-refractivity contribution in [3.05, 3.63) is 83.7 Å². The van der Waals surface area contributed by atoms with Crippen LogP contribution in [-0.4, -0.2) is 68.9 Å².